The SMILES string of the molecule is CCSC(N)=NC(=S)Nc1ccc(N2CCC(N(C)C)CC2)cc1.CN(C)C1CCN(c2ccc(Nc3nc(N)c(C(=O)c4cc(F)cc(F)c4)s3)cc2)CC1.O=C(CBr)c1cc(F)cc(F)c1.P. The van der Waals surface area contributed by atoms with Gasteiger partial charge in [-0.15, -0.1) is 0 Å². The van der Waals surface area contributed by atoms with Gasteiger partial charge in [0.05, 0.1) is 5.33 Å². The number of benzene rings is 4. The molecule has 5 aromatic rings. The molecular formula is C48H60BrF4N10O2PS3. The normalized spacial score (nSPS) is 14.3. The van der Waals surface area contributed by atoms with Crippen molar-refractivity contribution in [1.29, 1.82) is 0 Å². The van der Waals surface area contributed by atoms with Crippen molar-refractivity contribution in [3.63, 3.8) is 0 Å². The first-order valence-corrected chi connectivity index (χ1v) is 25.2. The van der Waals surface area contributed by atoms with Crippen molar-refractivity contribution < 1.29 is 27.2 Å². The number of thiazole rings is 1. The van der Waals surface area contributed by atoms with Crippen LogP contribution in [0.1, 0.15) is 58.2 Å². The number of amidine groups is 1. The number of rotatable bonds is 12. The lowest BCUT2D eigenvalue weighted by Gasteiger charge is -2.36. The van der Waals surface area contributed by atoms with E-state index in [9.17, 15) is 27.2 Å². The summed E-state index contributed by atoms with van der Waals surface area (Å²) in [6, 6.07) is 23.1. The molecule has 3 heterocycles. The predicted molar refractivity (Wildman–Crippen MR) is 292 cm³/mol. The Labute approximate surface area is 427 Å². The maximum absolute atomic E-state index is 13.5. The Hall–Kier alpha value is -4.69. The van der Waals surface area contributed by atoms with E-state index in [4.69, 9.17) is 23.7 Å². The second-order valence-corrected chi connectivity index (χ2v) is 19.6. The molecule has 372 valence electrons. The van der Waals surface area contributed by atoms with Crippen molar-refractivity contribution in [3.8, 4) is 0 Å². The third-order valence-corrected chi connectivity index (χ3v) is 13.5. The summed E-state index contributed by atoms with van der Waals surface area (Å²) in [7, 11) is 8.58. The van der Waals surface area contributed by atoms with E-state index in [0.29, 0.717) is 33.6 Å². The number of nitrogens with two attached hydrogens (primary N) is 2. The van der Waals surface area contributed by atoms with Crippen molar-refractivity contribution >= 4 is 117 Å². The quantitative estimate of drug-likeness (QED) is 0.0179. The summed E-state index contributed by atoms with van der Waals surface area (Å²) >= 11 is 10.7. The van der Waals surface area contributed by atoms with Gasteiger partial charge in [-0.25, -0.2) is 22.5 Å². The third kappa shape index (κ3) is 17.6. The van der Waals surface area contributed by atoms with Crippen LogP contribution in [0.3, 0.4) is 0 Å². The number of aromatic nitrogens is 1. The Bertz CT molecular complexity index is 2470. The van der Waals surface area contributed by atoms with Crippen LogP contribution < -0.4 is 31.9 Å². The van der Waals surface area contributed by atoms with E-state index in [1.54, 1.807) is 0 Å². The lowest BCUT2D eigenvalue weighted by molar-refractivity contribution is 0.102. The highest BCUT2D eigenvalue weighted by atomic mass is 79.9. The van der Waals surface area contributed by atoms with Gasteiger partial charge >= 0.3 is 0 Å². The maximum atomic E-state index is 13.5. The first-order chi connectivity index (χ1) is 32.4. The monoisotopic (exact) mass is 1090 g/mol. The number of hydrogen-bond acceptors (Lipinski definition) is 12. The molecule has 0 radical (unpaired) electrons. The number of aliphatic imine (C=N–C) groups is 1. The molecule has 69 heavy (non-hydrogen) atoms. The summed E-state index contributed by atoms with van der Waals surface area (Å²) in [6.45, 7) is 6.27. The number of thioether (sulfide) groups is 1. The minimum absolute atomic E-state index is 0. The molecule has 0 amide bonds. The summed E-state index contributed by atoms with van der Waals surface area (Å²) in [6.07, 6.45) is 4.69. The summed E-state index contributed by atoms with van der Waals surface area (Å²) in [5.74, 6) is -3.11. The average Bonchev–Trinajstić information content (AvgIpc) is 3.67. The first kappa shape index (κ1) is 56.9. The summed E-state index contributed by atoms with van der Waals surface area (Å²) in [4.78, 5) is 41.5. The number of piperidine rings is 2. The molecule has 7 rings (SSSR count). The highest BCUT2D eigenvalue weighted by molar-refractivity contribution is 9.09. The van der Waals surface area contributed by atoms with Gasteiger partial charge < -0.3 is 41.7 Å². The molecule has 2 aliphatic rings. The van der Waals surface area contributed by atoms with Crippen LogP contribution >= 0.6 is 61.1 Å². The maximum Gasteiger partial charge on any atom is 0.207 e. The number of nitrogens with one attached hydrogen (secondary N) is 2. The predicted octanol–water partition coefficient (Wildman–Crippen LogP) is 10.1. The smallest absolute Gasteiger partial charge is 0.207 e. The Kier molecular flexibility index (Phi) is 22.8. The fourth-order valence-corrected chi connectivity index (χ4v) is 9.42. The van der Waals surface area contributed by atoms with E-state index < -0.39 is 29.1 Å². The van der Waals surface area contributed by atoms with Crippen LogP contribution in [0.4, 0.5) is 51.3 Å². The molecule has 6 N–H and O–H groups in total. The number of nitrogen functional groups attached to an aromatic ring is 1. The van der Waals surface area contributed by atoms with Gasteiger partial charge in [0.25, 0.3) is 0 Å². The molecule has 2 aliphatic heterocycles. The van der Waals surface area contributed by atoms with Crippen LogP contribution in [0.15, 0.2) is 89.9 Å². The van der Waals surface area contributed by atoms with Crippen LogP contribution in [-0.2, 0) is 0 Å². The standard InChI is InChI=1S/C23H25F2N5OS.C17H27N5S2.C8H5BrF2O.H3P/c1-29(2)18-7-9-30(10-8-18)19-5-3-17(4-6-19)27-23-28-22(26)21(32-23)20(31)14-11-15(24)13-16(25)12-14;1-4-24-16(18)20-17(23)19-13-5-7-15(8-6-13)22-11-9-14(10-12-22)21(2)3;9-4-8(12)5-1-6(10)3-7(11)2-5;/h3-6,11-13,18H,7-10,26H2,1-2H3,(H,27,28);5-8,14H,4,9-12H2,1-3H3,(H3,18,19,20,23);1-3H,4H2;1H3. The van der Waals surface area contributed by atoms with E-state index in [1.807, 2.05) is 31.2 Å². The van der Waals surface area contributed by atoms with Gasteiger partial charge in [0.1, 0.15) is 34.0 Å². The molecule has 0 bridgehead atoms. The molecule has 4 aromatic carbocycles. The van der Waals surface area contributed by atoms with Gasteiger partial charge in [-0.3, -0.25) is 9.59 Å². The lowest BCUT2D eigenvalue weighted by atomic mass is 10.0. The van der Waals surface area contributed by atoms with Gasteiger partial charge in [-0.2, -0.15) is 14.9 Å². The number of Topliss-reactive ketones (excluding diaryl/α,β-unsaturated/α-hetero) is 1. The highest BCUT2D eigenvalue weighted by Crippen LogP contribution is 2.31. The van der Waals surface area contributed by atoms with Crippen LogP contribution in [-0.4, -0.2) is 114 Å². The van der Waals surface area contributed by atoms with Crippen LogP contribution in [0.25, 0.3) is 0 Å². The number of nitrogens with zero attached hydrogens (tertiary/aromatic N) is 6. The Balaban J connectivity index is 0.000000247. The zero-order valence-corrected chi connectivity index (χ0v) is 44.7. The first-order valence-electron chi connectivity index (χ1n) is 21.8. The van der Waals surface area contributed by atoms with E-state index in [-0.39, 0.29) is 42.8 Å². The van der Waals surface area contributed by atoms with Gasteiger partial charge in [0.15, 0.2) is 21.2 Å². The van der Waals surface area contributed by atoms with Crippen LogP contribution in [0.5, 0.6) is 0 Å². The lowest BCUT2D eigenvalue weighted by Crippen LogP contribution is -2.41. The average molecular weight is 1090 g/mol. The van der Waals surface area contributed by atoms with Crippen molar-refractivity contribution in [1.82, 2.24) is 14.8 Å². The van der Waals surface area contributed by atoms with Crippen molar-refractivity contribution in [2.24, 2.45) is 10.7 Å². The van der Waals surface area contributed by atoms with Gasteiger partial charge in [0, 0.05) is 84.3 Å². The Morgan fingerprint density at radius 3 is 1.64 bits per heavy atom. The molecule has 1 atom stereocenters. The minimum atomic E-state index is -0.819. The van der Waals surface area contributed by atoms with Gasteiger partial charge in [0.2, 0.25) is 5.78 Å². The number of carbonyl (C=O) groups excluding carboxylic acids is 2. The van der Waals surface area contributed by atoms with E-state index >= 15 is 0 Å². The fraction of sp³-hybridized carbons (Fsp3) is 0.354. The van der Waals surface area contributed by atoms with Crippen molar-refractivity contribution in [3.05, 3.63) is 124 Å². The molecule has 21 heteroatoms. The largest absolute Gasteiger partial charge is 0.382 e. The second kappa shape index (κ2) is 27.6. The Morgan fingerprint density at radius 2 is 1.22 bits per heavy atom. The molecule has 0 aliphatic carbocycles. The molecule has 0 spiro atoms. The van der Waals surface area contributed by atoms with Gasteiger partial charge in [-0.05, 0) is 145 Å². The van der Waals surface area contributed by atoms with Crippen LogP contribution in [0, 0.1) is 23.3 Å². The Morgan fingerprint density at radius 1 is 0.783 bits per heavy atom. The number of ketones is 2. The summed E-state index contributed by atoms with van der Waals surface area (Å²) in [5, 5.41) is 7.65. The number of hydrogen-bond donors (Lipinski definition) is 4. The summed E-state index contributed by atoms with van der Waals surface area (Å²) in [5.41, 5.74) is 15.8. The van der Waals surface area contributed by atoms with E-state index in [0.717, 1.165) is 104 Å². The molecule has 0 saturated carbocycles. The molecule has 2 saturated heterocycles. The minimum Gasteiger partial charge on any atom is -0.382 e. The number of alkyl halides is 1. The molecule has 1 unspecified atom stereocenters. The summed E-state index contributed by atoms with van der Waals surface area (Å²) < 4.78 is 52.0. The van der Waals surface area contributed by atoms with E-state index in [2.05, 4.69) is 109 Å². The molecule has 2 fully saturated rings. The second-order valence-electron chi connectivity index (χ2n) is 16.3. The number of anilines is 6. The molecular weight excluding hydrogens is 1030 g/mol. The van der Waals surface area contributed by atoms with Crippen molar-refractivity contribution in [2.75, 3.05) is 91.6 Å². The molecule has 1 aromatic heterocycles. The topological polar surface area (TPSA) is 148 Å². The van der Waals surface area contributed by atoms with Crippen molar-refractivity contribution in [2.45, 2.75) is 44.7 Å². The highest BCUT2D eigenvalue weighted by Gasteiger charge is 2.23. The third-order valence-electron chi connectivity index (χ3n) is 11.2. The number of thiocarbonyl (C=S) groups is 1. The number of halogens is 5. The zero-order chi connectivity index (χ0) is 49.5. The van der Waals surface area contributed by atoms with Gasteiger partial charge in [-0.1, -0.05) is 46.0 Å². The van der Waals surface area contributed by atoms with Crippen LogP contribution in [0.2, 0.25) is 0 Å². The molecule has 12 nitrogen and oxygen atoms in total. The number of carbonyl (C=O) groups is 2. The van der Waals surface area contributed by atoms with E-state index in [1.165, 1.54) is 30.3 Å². The fourth-order valence-electron chi connectivity index (χ4n) is 7.50. The zero-order valence-electron chi connectivity index (χ0n) is 39.3.